The SMILES string of the molecule is CO/N=C(/C(=O)NC1C(=O)N2C(C(=O)OC(c3ccccc3)c3ccccc3)=C(/C=C/CCl)CSC12)c1nsc(N)n1. The van der Waals surface area contributed by atoms with E-state index in [1.165, 1.54) is 23.8 Å². The van der Waals surface area contributed by atoms with Crippen LogP contribution in [0.3, 0.4) is 0 Å². The van der Waals surface area contributed by atoms with Crippen LogP contribution >= 0.6 is 34.9 Å². The van der Waals surface area contributed by atoms with Crippen LogP contribution in [-0.4, -0.2) is 67.9 Å². The first-order chi connectivity index (χ1) is 20.4. The Morgan fingerprint density at radius 3 is 2.43 bits per heavy atom. The average molecular weight is 625 g/mol. The molecule has 1 saturated heterocycles. The van der Waals surface area contributed by atoms with Gasteiger partial charge in [0, 0.05) is 23.2 Å². The summed E-state index contributed by atoms with van der Waals surface area (Å²) >= 11 is 8.17. The normalized spacial score (nSPS) is 18.6. The number of oxime groups is 1. The fourth-order valence-electron chi connectivity index (χ4n) is 4.51. The molecule has 2 aromatic carbocycles. The number of carbonyl (C=O) groups excluding carboxylic acids is 3. The number of carbonyl (C=O) groups is 3. The molecule has 216 valence electrons. The summed E-state index contributed by atoms with van der Waals surface area (Å²) in [6.07, 6.45) is 2.70. The largest absolute Gasteiger partial charge is 0.448 e. The molecule has 0 bridgehead atoms. The van der Waals surface area contributed by atoms with E-state index in [0.29, 0.717) is 11.3 Å². The van der Waals surface area contributed by atoms with Gasteiger partial charge < -0.3 is 20.6 Å². The van der Waals surface area contributed by atoms with Gasteiger partial charge in [-0.15, -0.1) is 23.4 Å². The standard InChI is InChI=1S/C28H25ClN6O5S2/c1-39-33-19(23-32-28(30)42-34-23)24(36)31-20-25(37)35-21(18(13-8-14-29)15-41-26(20)35)27(38)40-22(16-9-4-2-5-10-16)17-11-6-3-7-12-17/h2-13,20,22,26H,14-15H2,1H3,(H,31,36)(H2,30,32,34)/b13-8+,33-19+. The van der Waals surface area contributed by atoms with Crippen molar-refractivity contribution in [3.63, 3.8) is 0 Å². The molecule has 2 amide bonds. The number of aromatic nitrogens is 2. The molecule has 2 atom stereocenters. The Balaban J connectivity index is 1.41. The van der Waals surface area contributed by atoms with Gasteiger partial charge in [0.15, 0.2) is 11.2 Å². The lowest BCUT2D eigenvalue weighted by molar-refractivity contribution is -0.154. The number of hydrogen-bond acceptors (Lipinski definition) is 11. The molecule has 3 aromatic rings. The number of alkyl halides is 1. The Hall–Kier alpha value is -4.20. The lowest BCUT2D eigenvalue weighted by Crippen LogP contribution is -2.71. The van der Waals surface area contributed by atoms with Gasteiger partial charge in [-0.2, -0.15) is 9.36 Å². The highest BCUT2D eigenvalue weighted by Crippen LogP contribution is 2.42. The molecule has 11 nitrogen and oxygen atoms in total. The van der Waals surface area contributed by atoms with Gasteiger partial charge in [0.25, 0.3) is 11.8 Å². The summed E-state index contributed by atoms with van der Waals surface area (Å²) in [6.45, 7) is 0. The van der Waals surface area contributed by atoms with E-state index in [0.717, 1.165) is 22.7 Å². The average Bonchev–Trinajstić information content (AvgIpc) is 3.45. The number of anilines is 1. The van der Waals surface area contributed by atoms with Crippen molar-refractivity contribution in [2.45, 2.75) is 17.5 Å². The maximum Gasteiger partial charge on any atom is 0.356 e. The summed E-state index contributed by atoms with van der Waals surface area (Å²) in [4.78, 5) is 50.6. The number of hydrogen-bond donors (Lipinski definition) is 2. The van der Waals surface area contributed by atoms with E-state index in [2.05, 4.69) is 19.8 Å². The van der Waals surface area contributed by atoms with E-state index in [1.807, 2.05) is 60.7 Å². The number of benzene rings is 2. The predicted molar refractivity (Wildman–Crippen MR) is 161 cm³/mol. The van der Waals surface area contributed by atoms with Gasteiger partial charge in [-0.3, -0.25) is 14.5 Å². The van der Waals surface area contributed by atoms with Crippen molar-refractivity contribution in [1.82, 2.24) is 19.6 Å². The highest BCUT2D eigenvalue weighted by atomic mass is 35.5. The van der Waals surface area contributed by atoms with Crippen molar-refractivity contribution in [1.29, 1.82) is 0 Å². The first kappa shape index (κ1) is 29.3. The van der Waals surface area contributed by atoms with Crippen molar-refractivity contribution in [3.8, 4) is 0 Å². The summed E-state index contributed by atoms with van der Waals surface area (Å²) in [6, 6.07) is 17.8. The molecule has 2 aliphatic rings. The second-order valence-corrected chi connectivity index (χ2v) is 11.2. The molecule has 1 fully saturated rings. The number of nitrogens with zero attached hydrogens (tertiary/aromatic N) is 4. The van der Waals surface area contributed by atoms with Crippen LogP contribution in [-0.2, 0) is 24.0 Å². The zero-order chi connectivity index (χ0) is 29.6. The highest BCUT2D eigenvalue weighted by molar-refractivity contribution is 8.00. The molecule has 2 unspecified atom stereocenters. The van der Waals surface area contributed by atoms with Crippen LogP contribution in [0.2, 0.25) is 0 Å². The molecular weight excluding hydrogens is 600 g/mol. The number of nitrogen functional groups attached to an aromatic ring is 1. The summed E-state index contributed by atoms with van der Waals surface area (Å²) in [7, 11) is 1.27. The lowest BCUT2D eigenvalue weighted by Gasteiger charge is -2.49. The molecule has 2 aliphatic heterocycles. The van der Waals surface area contributed by atoms with Crippen molar-refractivity contribution < 1.29 is 24.0 Å². The van der Waals surface area contributed by atoms with Crippen LogP contribution in [0.15, 0.2) is 89.2 Å². The molecule has 0 spiro atoms. The first-order valence-corrected chi connectivity index (χ1v) is 15.0. The molecule has 5 rings (SSSR count). The van der Waals surface area contributed by atoms with Crippen LogP contribution in [0.1, 0.15) is 23.1 Å². The quantitative estimate of drug-likeness (QED) is 0.114. The Morgan fingerprint density at radius 1 is 1.19 bits per heavy atom. The highest BCUT2D eigenvalue weighted by Gasteiger charge is 2.54. The summed E-state index contributed by atoms with van der Waals surface area (Å²) in [5.74, 6) is -1.30. The third-order valence-corrected chi connectivity index (χ3v) is 8.39. The topological polar surface area (TPSA) is 149 Å². The van der Waals surface area contributed by atoms with Gasteiger partial charge in [-0.1, -0.05) is 78.0 Å². The smallest absolute Gasteiger partial charge is 0.356 e. The molecule has 0 saturated carbocycles. The minimum Gasteiger partial charge on any atom is -0.448 e. The number of fused-ring (bicyclic) bond motifs is 1. The predicted octanol–water partition coefficient (Wildman–Crippen LogP) is 3.25. The first-order valence-electron chi connectivity index (χ1n) is 12.7. The van der Waals surface area contributed by atoms with Crippen molar-refractivity contribution >= 4 is 63.5 Å². The Labute approximate surface area is 254 Å². The van der Waals surface area contributed by atoms with Gasteiger partial charge >= 0.3 is 5.97 Å². The number of rotatable bonds is 10. The fourth-order valence-corrected chi connectivity index (χ4v) is 6.35. The maximum absolute atomic E-state index is 13.9. The van der Waals surface area contributed by atoms with Crippen molar-refractivity contribution in [2.24, 2.45) is 5.16 Å². The van der Waals surface area contributed by atoms with Gasteiger partial charge in [-0.25, -0.2) is 4.79 Å². The van der Waals surface area contributed by atoms with E-state index in [9.17, 15) is 14.4 Å². The summed E-state index contributed by atoms with van der Waals surface area (Å²) in [5.41, 5.74) is 7.67. The van der Waals surface area contributed by atoms with E-state index >= 15 is 0 Å². The molecule has 3 N–H and O–H groups in total. The molecular formula is C28H25ClN6O5S2. The van der Waals surface area contributed by atoms with Crippen LogP contribution < -0.4 is 11.1 Å². The van der Waals surface area contributed by atoms with Gasteiger partial charge in [-0.05, 0) is 16.7 Å². The molecule has 14 heteroatoms. The fraction of sp³-hybridized carbons (Fsp3) is 0.214. The van der Waals surface area contributed by atoms with E-state index in [-0.39, 0.29) is 28.2 Å². The van der Waals surface area contributed by atoms with Crippen molar-refractivity contribution in [2.75, 3.05) is 24.5 Å². The van der Waals surface area contributed by atoms with Crippen LogP contribution in [0.5, 0.6) is 0 Å². The van der Waals surface area contributed by atoms with E-state index in [1.54, 1.807) is 12.2 Å². The zero-order valence-electron chi connectivity index (χ0n) is 22.2. The second kappa shape index (κ2) is 13.2. The van der Waals surface area contributed by atoms with Crippen LogP contribution in [0.25, 0.3) is 0 Å². The minimum absolute atomic E-state index is 0.0256. The molecule has 1 aromatic heterocycles. The van der Waals surface area contributed by atoms with E-state index in [4.69, 9.17) is 26.9 Å². The van der Waals surface area contributed by atoms with Crippen LogP contribution in [0, 0.1) is 0 Å². The number of ether oxygens (including phenoxy) is 1. The number of halogens is 1. The third kappa shape index (κ3) is 6.03. The Morgan fingerprint density at radius 2 is 1.86 bits per heavy atom. The molecule has 3 heterocycles. The lowest BCUT2D eigenvalue weighted by atomic mass is 10.0. The summed E-state index contributed by atoms with van der Waals surface area (Å²) < 4.78 is 10.1. The van der Waals surface area contributed by atoms with Crippen molar-refractivity contribution in [3.05, 3.63) is 101 Å². The Bertz CT molecular complexity index is 1520. The number of thioether (sulfide) groups is 1. The van der Waals surface area contributed by atoms with Gasteiger partial charge in [0.05, 0.1) is 0 Å². The van der Waals surface area contributed by atoms with Gasteiger partial charge in [0.1, 0.15) is 24.2 Å². The van der Waals surface area contributed by atoms with E-state index < -0.39 is 35.3 Å². The number of nitrogens with two attached hydrogens (primary N) is 1. The maximum atomic E-state index is 13.9. The summed E-state index contributed by atoms with van der Waals surface area (Å²) in [5, 5.41) is 5.97. The number of amides is 2. The third-order valence-electron chi connectivity index (χ3n) is 6.37. The monoisotopic (exact) mass is 624 g/mol. The number of β-lactam (4-membered cyclic amide) rings is 1. The molecule has 0 aliphatic carbocycles. The number of allylic oxidation sites excluding steroid dienone is 2. The number of esters is 1. The second-order valence-electron chi connectivity index (χ2n) is 8.98. The minimum atomic E-state index is -0.944. The number of nitrogens with one attached hydrogen (secondary N) is 1. The van der Waals surface area contributed by atoms with Gasteiger partial charge in [0.2, 0.25) is 11.5 Å². The Kier molecular flexibility index (Phi) is 9.20. The zero-order valence-corrected chi connectivity index (χ0v) is 24.6. The van der Waals surface area contributed by atoms with Crippen LogP contribution in [0.4, 0.5) is 5.13 Å². The molecule has 0 radical (unpaired) electrons. The molecule has 42 heavy (non-hydrogen) atoms.